The van der Waals surface area contributed by atoms with Gasteiger partial charge in [-0.25, -0.2) is 13.2 Å². The Labute approximate surface area is 219 Å². The fourth-order valence-corrected chi connectivity index (χ4v) is 6.59. The van der Waals surface area contributed by atoms with Gasteiger partial charge < -0.3 is 10.1 Å². The second-order valence-electron chi connectivity index (χ2n) is 8.68. The molecule has 0 saturated carbocycles. The number of benzene rings is 2. The fraction of sp³-hybridized carbons (Fsp3) is 0.269. The molecule has 0 saturated heterocycles. The standard InChI is InChI=1S/C26H27N3O6S2/c1-3-35-26(32)28-24(31)22-20-13-12-16(2)14-21(20)36-25(22)27-23(30)17-8-7-9-18(15-17)29-37(33,34)19-10-5-4-6-11-19/h4-11,15-16,29H,3,12-14H2,1-2H3,(H,27,30)(H,28,31,32). The number of rotatable bonds is 7. The van der Waals surface area contributed by atoms with E-state index >= 15 is 0 Å². The molecule has 0 radical (unpaired) electrons. The third-order valence-electron chi connectivity index (χ3n) is 5.89. The number of sulfonamides is 1. The summed E-state index contributed by atoms with van der Waals surface area (Å²) in [6, 6.07) is 14.0. The van der Waals surface area contributed by atoms with Gasteiger partial charge in [0, 0.05) is 16.1 Å². The molecule has 4 rings (SSSR count). The normalized spacial score (nSPS) is 14.8. The number of thiophene rings is 1. The maximum Gasteiger partial charge on any atom is 0.414 e. The second-order valence-corrected chi connectivity index (χ2v) is 11.5. The smallest absolute Gasteiger partial charge is 0.414 e. The van der Waals surface area contributed by atoms with Gasteiger partial charge in [-0.15, -0.1) is 11.3 Å². The van der Waals surface area contributed by atoms with Crippen LogP contribution in [0.5, 0.6) is 0 Å². The summed E-state index contributed by atoms with van der Waals surface area (Å²) >= 11 is 1.31. The molecule has 1 unspecified atom stereocenters. The molecule has 37 heavy (non-hydrogen) atoms. The number of carbonyl (C=O) groups is 3. The Bertz CT molecular complexity index is 1430. The second kappa shape index (κ2) is 11.1. The van der Waals surface area contributed by atoms with Crippen molar-refractivity contribution in [2.45, 2.75) is 38.0 Å². The van der Waals surface area contributed by atoms with E-state index in [1.807, 2.05) is 0 Å². The van der Waals surface area contributed by atoms with E-state index < -0.39 is 27.9 Å². The van der Waals surface area contributed by atoms with Crippen molar-refractivity contribution in [3.05, 3.63) is 76.2 Å². The number of alkyl carbamates (subject to hydrolysis) is 1. The topological polar surface area (TPSA) is 131 Å². The lowest BCUT2D eigenvalue weighted by Crippen LogP contribution is -2.32. The van der Waals surface area contributed by atoms with E-state index in [9.17, 15) is 22.8 Å². The lowest BCUT2D eigenvalue weighted by molar-refractivity contribution is 0.0925. The van der Waals surface area contributed by atoms with Crippen LogP contribution in [0.15, 0.2) is 59.5 Å². The van der Waals surface area contributed by atoms with Gasteiger partial charge in [0.25, 0.3) is 21.8 Å². The van der Waals surface area contributed by atoms with Crippen LogP contribution < -0.4 is 15.4 Å². The first-order valence-electron chi connectivity index (χ1n) is 11.8. The molecule has 2 aromatic carbocycles. The summed E-state index contributed by atoms with van der Waals surface area (Å²) in [5, 5.41) is 5.36. The van der Waals surface area contributed by atoms with E-state index in [0.29, 0.717) is 17.3 Å². The zero-order valence-electron chi connectivity index (χ0n) is 20.4. The maximum absolute atomic E-state index is 13.2. The Kier molecular flexibility index (Phi) is 7.94. The van der Waals surface area contributed by atoms with E-state index in [-0.39, 0.29) is 28.3 Å². The summed E-state index contributed by atoms with van der Waals surface area (Å²) in [4.78, 5) is 39.1. The Morgan fingerprint density at radius 1 is 1.05 bits per heavy atom. The quantitative estimate of drug-likeness (QED) is 0.393. The number of anilines is 2. The van der Waals surface area contributed by atoms with Crippen LogP contribution in [0.25, 0.3) is 0 Å². The summed E-state index contributed by atoms with van der Waals surface area (Å²) in [5.74, 6) is -0.715. The summed E-state index contributed by atoms with van der Waals surface area (Å²) in [7, 11) is -3.83. The lowest BCUT2D eigenvalue weighted by Gasteiger charge is -2.18. The first-order chi connectivity index (χ1) is 17.7. The highest BCUT2D eigenvalue weighted by molar-refractivity contribution is 7.92. The third kappa shape index (κ3) is 6.17. The van der Waals surface area contributed by atoms with Crippen molar-refractivity contribution in [1.82, 2.24) is 5.32 Å². The van der Waals surface area contributed by atoms with Gasteiger partial charge in [-0.05, 0) is 68.0 Å². The first kappa shape index (κ1) is 26.4. The van der Waals surface area contributed by atoms with Gasteiger partial charge in [-0.2, -0.15) is 0 Å². The highest BCUT2D eigenvalue weighted by atomic mass is 32.2. The molecule has 3 N–H and O–H groups in total. The predicted molar refractivity (Wildman–Crippen MR) is 142 cm³/mol. The Hall–Kier alpha value is -3.70. The van der Waals surface area contributed by atoms with Crippen LogP contribution in [0, 0.1) is 5.92 Å². The van der Waals surface area contributed by atoms with Crippen molar-refractivity contribution in [3.63, 3.8) is 0 Å². The molecule has 1 aliphatic rings. The molecular weight excluding hydrogens is 514 g/mol. The summed E-state index contributed by atoms with van der Waals surface area (Å²) in [6.45, 7) is 3.88. The van der Waals surface area contributed by atoms with Gasteiger partial charge in [0.1, 0.15) is 5.00 Å². The molecule has 194 valence electrons. The summed E-state index contributed by atoms with van der Waals surface area (Å²) in [6.07, 6.45) is 1.46. The molecule has 1 aliphatic carbocycles. The Morgan fingerprint density at radius 2 is 1.81 bits per heavy atom. The number of hydrogen-bond donors (Lipinski definition) is 3. The van der Waals surface area contributed by atoms with Crippen molar-refractivity contribution >= 4 is 50.0 Å². The maximum atomic E-state index is 13.2. The molecule has 11 heteroatoms. The molecule has 3 amide bonds. The largest absolute Gasteiger partial charge is 0.450 e. The van der Waals surface area contributed by atoms with Crippen molar-refractivity contribution in [3.8, 4) is 0 Å². The van der Waals surface area contributed by atoms with E-state index in [1.165, 1.54) is 29.5 Å². The predicted octanol–water partition coefficient (Wildman–Crippen LogP) is 4.81. The van der Waals surface area contributed by atoms with Gasteiger partial charge in [0.05, 0.1) is 17.1 Å². The van der Waals surface area contributed by atoms with Crippen molar-refractivity contribution in [2.75, 3.05) is 16.6 Å². The minimum atomic E-state index is -3.83. The SMILES string of the molecule is CCOC(=O)NC(=O)c1c(NC(=O)c2cccc(NS(=O)(=O)c3ccccc3)c2)sc2c1CCC(C)C2. The number of amides is 3. The zero-order chi connectivity index (χ0) is 26.6. The number of nitrogens with one attached hydrogen (secondary N) is 3. The summed E-state index contributed by atoms with van der Waals surface area (Å²) < 4.78 is 32.7. The van der Waals surface area contributed by atoms with Crippen LogP contribution in [0.3, 0.4) is 0 Å². The Morgan fingerprint density at radius 3 is 2.54 bits per heavy atom. The van der Waals surface area contributed by atoms with Crippen LogP contribution in [-0.4, -0.2) is 32.9 Å². The fourth-order valence-electron chi connectivity index (χ4n) is 4.11. The van der Waals surface area contributed by atoms with Crippen molar-refractivity contribution in [2.24, 2.45) is 5.92 Å². The highest BCUT2D eigenvalue weighted by Gasteiger charge is 2.29. The molecule has 1 atom stereocenters. The van der Waals surface area contributed by atoms with Gasteiger partial charge in [-0.3, -0.25) is 19.6 Å². The highest BCUT2D eigenvalue weighted by Crippen LogP contribution is 2.40. The van der Waals surface area contributed by atoms with Gasteiger partial charge in [-0.1, -0.05) is 31.2 Å². The number of imide groups is 1. The Balaban J connectivity index is 1.58. The molecule has 9 nitrogen and oxygen atoms in total. The third-order valence-corrected chi connectivity index (χ3v) is 8.45. The number of fused-ring (bicyclic) bond motifs is 1. The monoisotopic (exact) mass is 541 g/mol. The summed E-state index contributed by atoms with van der Waals surface area (Å²) in [5.41, 5.74) is 1.50. The van der Waals surface area contributed by atoms with E-state index in [1.54, 1.807) is 43.3 Å². The van der Waals surface area contributed by atoms with E-state index in [2.05, 4.69) is 22.3 Å². The molecule has 1 aromatic heterocycles. The molecule has 0 fully saturated rings. The molecular formula is C26H27N3O6S2. The molecule has 3 aromatic rings. The average molecular weight is 542 g/mol. The van der Waals surface area contributed by atoms with Crippen LogP contribution in [-0.2, 0) is 27.6 Å². The van der Waals surface area contributed by atoms with Crippen LogP contribution in [0.1, 0.15) is 51.4 Å². The van der Waals surface area contributed by atoms with Crippen molar-refractivity contribution in [1.29, 1.82) is 0 Å². The molecule has 1 heterocycles. The number of hydrogen-bond acceptors (Lipinski definition) is 7. The van der Waals surface area contributed by atoms with E-state index in [4.69, 9.17) is 4.74 Å². The number of ether oxygens (including phenoxy) is 1. The van der Waals surface area contributed by atoms with Gasteiger partial charge in [0.2, 0.25) is 0 Å². The van der Waals surface area contributed by atoms with Crippen molar-refractivity contribution < 1.29 is 27.5 Å². The minimum Gasteiger partial charge on any atom is -0.450 e. The zero-order valence-corrected chi connectivity index (χ0v) is 22.0. The molecule has 0 spiro atoms. The molecule has 0 aliphatic heterocycles. The van der Waals surface area contributed by atoms with E-state index in [0.717, 1.165) is 23.3 Å². The van der Waals surface area contributed by atoms with Crippen LogP contribution in [0.2, 0.25) is 0 Å². The minimum absolute atomic E-state index is 0.0977. The van der Waals surface area contributed by atoms with Gasteiger partial charge >= 0.3 is 6.09 Å². The number of carbonyl (C=O) groups excluding carboxylic acids is 3. The van der Waals surface area contributed by atoms with Gasteiger partial charge in [0.15, 0.2) is 0 Å². The lowest BCUT2D eigenvalue weighted by atomic mass is 9.88. The molecule has 0 bridgehead atoms. The van der Waals surface area contributed by atoms with Crippen LogP contribution >= 0.6 is 11.3 Å². The average Bonchev–Trinajstić information content (AvgIpc) is 3.21. The van der Waals surface area contributed by atoms with Crippen LogP contribution in [0.4, 0.5) is 15.5 Å². The first-order valence-corrected chi connectivity index (χ1v) is 14.1.